The average Bonchev–Trinajstić information content (AvgIpc) is 3.23. The van der Waals surface area contributed by atoms with Gasteiger partial charge in [-0.15, -0.1) is 0 Å². The predicted molar refractivity (Wildman–Crippen MR) is 105 cm³/mol. The van der Waals surface area contributed by atoms with E-state index in [-0.39, 0.29) is 6.04 Å². The van der Waals surface area contributed by atoms with Gasteiger partial charge < -0.3 is 5.32 Å². The van der Waals surface area contributed by atoms with Crippen LogP contribution in [0.5, 0.6) is 0 Å². The molecule has 1 N–H and O–H groups in total. The molecule has 0 aliphatic heterocycles. The lowest BCUT2D eigenvalue weighted by Gasteiger charge is -2.13. The Kier molecular flexibility index (Phi) is 3.68. The maximum Gasteiger partial charge on any atom is 0.223 e. The highest BCUT2D eigenvalue weighted by atomic mass is 15.2. The second kappa shape index (κ2) is 6.21. The van der Waals surface area contributed by atoms with Crippen molar-refractivity contribution < 1.29 is 0 Å². The van der Waals surface area contributed by atoms with Crippen molar-refractivity contribution in [2.24, 2.45) is 0 Å². The Hall–Kier alpha value is -3.19. The average molecular weight is 352 g/mol. The van der Waals surface area contributed by atoms with Gasteiger partial charge in [0.05, 0.1) is 17.8 Å². The first kappa shape index (κ1) is 16.0. The number of hydrogen-bond acceptors (Lipinski definition) is 4. The molecule has 2 atom stereocenters. The summed E-state index contributed by atoms with van der Waals surface area (Å²) in [5, 5.41) is 13.3. The number of rotatable bonds is 4. The van der Waals surface area contributed by atoms with E-state index in [1.54, 1.807) is 0 Å². The van der Waals surface area contributed by atoms with Crippen LogP contribution in [-0.4, -0.2) is 16.0 Å². The summed E-state index contributed by atoms with van der Waals surface area (Å²) in [7, 11) is 0. The fourth-order valence-corrected chi connectivity index (χ4v) is 4.17. The minimum absolute atomic E-state index is 0.0491. The van der Waals surface area contributed by atoms with Crippen LogP contribution in [0.15, 0.2) is 60.7 Å². The number of nitriles is 1. The molecule has 3 aromatic rings. The summed E-state index contributed by atoms with van der Waals surface area (Å²) < 4.78 is 0. The molecular weight excluding hydrogens is 332 g/mol. The molecule has 2 unspecified atom stereocenters. The van der Waals surface area contributed by atoms with Crippen LogP contribution in [0, 0.1) is 11.3 Å². The number of hydrogen-bond donors (Lipinski definition) is 1. The van der Waals surface area contributed by atoms with Gasteiger partial charge in [-0.3, -0.25) is 0 Å². The van der Waals surface area contributed by atoms with E-state index in [0.29, 0.717) is 5.95 Å². The summed E-state index contributed by atoms with van der Waals surface area (Å²) in [6.45, 7) is 0. The topological polar surface area (TPSA) is 61.6 Å². The van der Waals surface area contributed by atoms with E-state index in [9.17, 15) is 5.26 Å². The molecule has 27 heavy (non-hydrogen) atoms. The van der Waals surface area contributed by atoms with Crippen LogP contribution in [0.1, 0.15) is 29.7 Å². The lowest BCUT2D eigenvalue weighted by Crippen LogP contribution is -2.18. The van der Waals surface area contributed by atoms with Crippen LogP contribution >= 0.6 is 0 Å². The number of aryl methyl sites for hydroxylation is 1. The van der Waals surface area contributed by atoms with E-state index in [1.807, 2.05) is 48.5 Å². The summed E-state index contributed by atoms with van der Waals surface area (Å²) in [5.74, 6) is 0.646. The summed E-state index contributed by atoms with van der Waals surface area (Å²) in [5.41, 5.74) is 5.17. The maximum atomic E-state index is 9.82. The lowest BCUT2D eigenvalue weighted by atomic mass is 9.97. The van der Waals surface area contributed by atoms with Gasteiger partial charge in [0.2, 0.25) is 5.95 Å². The van der Waals surface area contributed by atoms with Gasteiger partial charge in [-0.05, 0) is 31.2 Å². The molecule has 4 heteroatoms. The number of benzene rings is 2. The van der Waals surface area contributed by atoms with E-state index >= 15 is 0 Å². The number of aromatic nitrogens is 2. The third kappa shape index (κ3) is 2.67. The molecule has 2 aliphatic rings. The molecule has 132 valence electrons. The maximum absolute atomic E-state index is 9.82. The van der Waals surface area contributed by atoms with Crippen molar-refractivity contribution >= 4 is 5.95 Å². The molecule has 2 aliphatic carbocycles. The van der Waals surface area contributed by atoms with Gasteiger partial charge in [0.25, 0.3) is 0 Å². The molecule has 1 fully saturated rings. The smallest absolute Gasteiger partial charge is 0.223 e. The van der Waals surface area contributed by atoms with Crippen molar-refractivity contribution in [1.82, 2.24) is 9.97 Å². The second-order valence-electron chi connectivity index (χ2n) is 7.39. The Morgan fingerprint density at radius 1 is 0.963 bits per heavy atom. The summed E-state index contributed by atoms with van der Waals surface area (Å²) in [6, 6.07) is 22.9. The van der Waals surface area contributed by atoms with Crippen LogP contribution in [0.3, 0.4) is 0 Å². The largest absolute Gasteiger partial charge is 0.349 e. The Labute approximate surface area is 158 Å². The zero-order valence-electron chi connectivity index (χ0n) is 15.0. The fraction of sp³-hybridized carbons (Fsp3) is 0.261. The van der Waals surface area contributed by atoms with E-state index in [2.05, 4.69) is 23.5 Å². The first-order valence-electron chi connectivity index (χ1n) is 9.49. The highest BCUT2D eigenvalue weighted by Crippen LogP contribution is 2.49. The van der Waals surface area contributed by atoms with E-state index in [1.165, 1.54) is 5.56 Å². The molecule has 0 saturated heterocycles. The molecule has 1 aromatic heterocycles. The Morgan fingerprint density at radius 3 is 2.44 bits per heavy atom. The zero-order valence-corrected chi connectivity index (χ0v) is 15.0. The summed E-state index contributed by atoms with van der Waals surface area (Å²) in [6.07, 6.45) is 3.95. The summed E-state index contributed by atoms with van der Waals surface area (Å²) >= 11 is 0. The third-order valence-corrected chi connectivity index (χ3v) is 5.73. The third-order valence-electron chi connectivity index (χ3n) is 5.73. The zero-order chi connectivity index (χ0) is 18.3. The van der Waals surface area contributed by atoms with Crippen LogP contribution in [0.2, 0.25) is 0 Å². The van der Waals surface area contributed by atoms with Gasteiger partial charge >= 0.3 is 0 Å². The molecule has 0 radical (unpaired) electrons. The number of nitrogens with one attached hydrogen (secondary N) is 1. The van der Waals surface area contributed by atoms with Gasteiger partial charge in [-0.2, -0.15) is 5.26 Å². The predicted octanol–water partition coefficient (Wildman–Crippen LogP) is 4.28. The molecule has 0 spiro atoms. The van der Waals surface area contributed by atoms with Gasteiger partial charge in [0.1, 0.15) is 5.41 Å². The lowest BCUT2D eigenvalue weighted by molar-refractivity contribution is 0.856. The molecule has 4 nitrogen and oxygen atoms in total. The fourth-order valence-electron chi connectivity index (χ4n) is 4.17. The van der Waals surface area contributed by atoms with Crippen LogP contribution in [-0.2, 0) is 18.3 Å². The van der Waals surface area contributed by atoms with Crippen molar-refractivity contribution in [3.63, 3.8) is 0 Å². The van der Waals surface area contributed by atoms with E-state index < -0.39 is 5.41 Å². The van der Waals surface area contributed by atoms with Gasteiger partial charge in [-0.25, -0.2) is 9.97 Å². The minimum atomic E-state index is -0.476. The second-order valence-corrected chi connectivity index (χ2v) is 7.39. The minimum Gasteiger partial charge on any atom is -0.349 e. The van der Waals surface area contributed by atoms with E-state index in [0.717, 1.165) is 48.2 Å². The van der Waals surface area contributed by atoms with Gasteiger partial charge in [-0.1, -0.05) is 60.7 Å². The van der Waals surface area contributed by atoms with Crippen molar-refractivity contribution in [3.05, 3.63) is 77.5 Å². The Bertz CT molecular complexity index is 1020. The first-order chi connectivity index (χ1) is 13.3. The molecule has 1 heterocycles. The van der Waals surface area contributed by atoms with Crippen molar-refractivity contribution in [3.8, 4) is 17.3 Å². The molecule has 5 rings (SSSR count). The van der Waals surface area contributed by atoms with Crippen molar-refractivity contribution in [1.29, 1.82) is 5.26 Å². The van der Waals surface area contributed by atoms with Crippen LogP contribution < -0.4 is 5.32 Å². The Morgan fingerprint density at radius 2 is 1.70 bits per heavy atom. The molecule has 1 saturated carbocycles. The van der Waals surface area contributed by atoms with Crippen LogP contribution in [0.25, 0.3) is 11.3 Å². The van der Waals surface area contributed by atoms with Crippen molar-refractivity contribution in [2.45, 2.75) is 37.1 Å². The molecule has 0 bridgehead atoms. The standard InChI is InChI=1S/C23H20N4/c24-15-23(17-10-5-2-6-11-17)14-20(23)26-22-25-19-13-7-12-18(19)21(27-22)16-8-3-1-4-9-16/h1-6,8-11,20H,7,12-14H2,(H,25,26,27). The number of nitrogens with zero attached hydrogens (tertiary/aromatic N) is 3. The highest BCUT2D eigenvalue weighted by Gasteiger charge is 2.57. The summed E-state index contributed by atoms with van der Waals surface area (Å²) in [4.78, 5) is 9.64. The number of anilines is 1. The SMILES string of the molecule is N#CC1(c2ccccc2)CC1Nc1nc2c(c(-c3ccccc3)n1)CCC2. The van der Waals surface area contributed by atoms with Crippen molar-refractivity contribution in [2.75, 3.05) is 5.32 Å². The monoisotopic (exact) mass is 352 g/mol. The molecule has 0 amide bonds. The quantitative estimate of drug-likeness (QED) is 0.761. The number of fused-ring (bicyclic) bond motifs is 1. The normalized spacial score (nSPS) is 22.7. The van der Waals surface area contributed by atoms with E-state index in [4.69, 9.17) is 9.97 Å². The van der Waals surface area contributed by atoms with Crippen LogP contribution in [0.4, 0.5) is 5.95 Å². The van der Waals surface area contributed by atoms with Gasteiger partial charge in [0.15, 0.2) is 0 Å². The molecular formula is C23H20N4. The Balaban J connectivity index is 1.48. The molecule has 2 aromatic carbocycles. The highest BCUT2D eigenvalue weighted by molar-refractivity contribution is 5.66. The van der Waals surface area contributed by atoms with Gasteiger partial charge in [0, 0.05) is 16.8 Å². The first-order valence-corrected chi connectivity index (χ1v) is 9.49.